The summed E-state index contributed by atoms with van der Waals surface area (Å²) in [5.41, 5.74) is 6.22. The van der Waals surface area contributed by atoms with Gasteiger partial charge >= 0.3 is 0 Å². The molecule has 1 saturated heterocycles. The molecule has 0 radical (unpaired) electrons. The third-order valence-electron chi connectivity index (χ3n) is 6.91. The second-order valence-corrected chi connectivity index (χ2v) is 9.15. The van der Waals surface area contributed by atoms with Gasteiger partial charge in [-0.05, 0) is 52.7 Å². The number of nitrogens with zero attached hydrogens (tertiary/aromatic N) is 4. The number of hydrogen-bond acceptors (Lipinski definition) is 5. The van der Waals surface area contributed by atoms with Crippen LogP contribution in [-0.4, -0.2) is 55.0 Å². The van der Waals surface area contributed by atoms with E-state index in [0.29, 0.717) is 5.92 Å². The average molecular weight is 437 g/mol. The molecule has 0 amide bonds. The number of likely N-dealkylation sites (N-methyl/N-ethyl adjacent to an activating group) is 1. The molecule has 3 aromatic carbocycles. The molecule has 4 aromatic rings. The van der Waals surface area contributed by atoms with Gasteiger partial charge in [0, 0.05) is 37.7 Å². The fourth-order valence-corrected chi connectivity index (χ4v) is 5.16. The van der Waals surface area contributed by atoms with Gasteiger partial charge in [-0.2, -0.15) is 0 Å². The molecule has 1 fully saturated rings. The lowest BCUT2D eigenvalue weighted by molar-refractivity contribution is 0.122. The molecule has 166 valence electrons. The zero-order valence-electron chi connectivity index (χ0n) is 18.9. The number of ether oxygens (including phenoxy) is 1. The Kier molecular flexibility index (Phi) is 5.29. The molecule has 2 aliphatic heterocycles. The van der Waals surface area contributed by atoms with Gasteiger partial charge in [0.1, 0.15) is 0 Å². The van der Waals surface area contributed by atoms with Crippen LogP contribution in [0.15, 0.2) is 72.8 Å². The van der Waals surface area contributed by atoms with E-state index in [1.54, 1.807) is 0 Å². The molecular weight excluding hydrogens is 408 g/mol. The Morgan fingerprint density at radius 3 is 2.52 bits per heavy atom. The molecule has 0 bridgehead atoms. The van der Waals surface area contributed by atoms with Crippen LogP contribution in [-0.2, 0) is 11.3 Å². The van der Waals surface area contributed by atoms with Gasteiger partial charge in [0.2, 0.25) is 0 Å². The van der Waals surface area contributed by atoms with Crippen LogP contribution in [0.4, 0.5) is 5.82 Å². The number of aromatic nitrogens is 2. The lowest BCUT2D eigenvalue weighted by atomic mass is 9.83. The standard InChI is InChI=1S/C28H28N4O/c1-31-18-24-17-23(27-10-11-28(30-29-27)32-12-14-33-15-13-32)8-9-25(24)26(19-31)22-7-6-20-4-2-3-5-21(20)16-22/h2-11,16-17,26H,12-15,18-19H2,1H3. The van der Waals surface area contributed by atoms with Crippen molar-refractivity contribution in [1.82, 2.24) is 15.1 Å². The van der Waals surface area contributed by atoms with Crippen molar-refractivity contribution in [2.45, 2.75) is 12.5 Å². The third-order valence-corrected chi connectivity index (χ3v) is 6.91. The van der Waals surface area contributed by atoms with E-state index in [1.807, 2.05) is 0 Å². The van der Waals surface area contributed by atoms with Gasteiger partial charge in [-0.1, -0.05) is 54.6 Å². The Balaban J connectivity index is 1.31. The van der Waals surface area contributed by atoms with Crippen molar-refractivity contribution in [3.8, 4) is 11.3 Å². The highest BCUT2D eigenvalue weighted by Gasteiger charge is 2.25. The Morgan fingerprint density at radius 2 is 1.70 bits per heavy atom. The third kappa shape index (κ3) is 3.99. The molecular formula is C28H28N4O. The van der Waals surface area contributed by atoms with Crippen molar-refractivity contribution < 1.29 is 4.74 Å². The Morgan fingerprint density at radius 1 is 0.848 bits per heavy atom. The quantitative estimate of drug-likeness (QED) is 0.465. The van der Waals surface area contributed by atoms with Gasteiger partial charge < -0.3 is 14.5 Å². The van der Waals surface area contributed by atoms with E-state index in [4.69, 9.17) is 4.74 Å². The molecule has 3 heterocycles. The highest BCUT2D eigenvalue weighted by Crippen LogP contribution is 2.36. The molecule has 1 aromatic heterocycles. The van der Waals surface area contributed by atoms with E-state index in [-0.39, 0.29) is 0 Å². The zero-order valence-corrected chi connectivity index (χ0v) is 18.9. The maximum absolute atomic E-state index is 5.44. The van der Waals surface area contributed by atoms with E-state index < -0.39 is 0 Å². The smallest absolute Gasteiger partial charge is 0.151 e. The summed E-state index contributed by atoms with van der Waals surface area (Å²) in [6.07, 6.45) is 0. The SMILES string of the molecule is CN1Cc2cc(-c3ccc(N4CCOCC4)nn3)ccc2C(c2ccc3ccccc3c2)C1. The van der Waals surface area contributed by atoms with Gasteiger partial charge in [0.15, 0.2) is 5.82 Å². The monoisotopic (exact) mass is 436 g/mol. The lowest BCUT2D eigenvalue weighted by Crippen LogP contribution is -2.36. The molecule has 6 rings (SSSR count). The number of benzene rings is 3. The normalized spacial score (nSPS) is 18.9. The number of rotatable bonds is 3. The van der Waals surface area contributed by atoms with Crippen LogP contribution in [0.2, 0.25) is 0 Å². The minimum absolute atomic E-state index is 0.368. The molecule has 1 unspecified atom stereocenters. The summed E-state index contributed by atoms with van der Waals surface area (Å²) in [6, 6.07) is 26.5. The fourth-order valence-electron chi connectivity index (χ4n) is 5.16. The highest BCUT2D eigenvalue weighted by atomic mass is 16.5. The number of fused-ring (bicyclic) bond motifs is 2. The zero-order chi connectivity index (χ0) is 22.2. The first-order valence-electron chi connectivity index (χ1n) is 11.7. The second-order valence-electron chi connectivity index (χ2n) is 9.15. The van der Waals surface area contributed by atoms with Crippen molar-refractivity contribution in [2.24, 2.45) is 0 Å². The summed E-state index contributed by atoms with van der Waals surface area (Å²) < 4.78 is 5.44. The van der Waals surface area contributed by atoms with Crippen LogP contribution < -0.4 is 4.90 Å². The van der Waals surface area contributed by atoms with Crippen molar-refractivity contribution >= 4 is 16.6 Å². The Labute approximate surface area is 194 Å². The Hall–Kier alpha value is -3.28. The van der Waals surface area contributed by atoms with E-state index in [2.05, 4.69) is 99.8 Å². The maximum atomic E-state index is 5.44. The number of anilines is 1. The van der Waals surface area contributed by atoms with Crippen LogP contribution in [0.3, 0.4) is 0 Å². The Bertz CT molecular complexity index is 1280. The summed E-state index contributed by atoms with van der Waals surface area (Å²) in [5, 5.41) is 11.7. The van der Waals surface area contributed by atoms with Crippen LogP contribution in [0.1, 0.15) is 22.6 Å². The molecule has 1 atom stereocenters. The largest absolute Gasteiger partial charge is 0.378 e. The number of morpholine rings is 1. The van der Waals surface area contributed by atoms with Gasteiger partial charge in [0.25, 0.3) is 0 Å². The average Bonchev–Trinajstić information content (AvgIpc) is 2.88. The van der Waals surface area contributed by atoms with E-state index in [0.717, 1.165) is 56.5 Å². The van der Waals surface area contributed by atoms with Gasteiger partial charge in [-0.25, -0.2) is 0 Å². The predicted octanol–water partition coefficient (Wildman–Crippen LogP) is 4.71. The van der Waals surface area contributed by atoms with Gasteiger partial charge in [-0.15, -0.1) is 10.2 Å². The van der Waals surface area contributed by atoms with Crippen LogP contribution >= 0.6 is 0 Å². The summed E-state index contributed by atoms with van der Waals surface area (Å²) in [5.74, 6) is 1.29. The summed E-state index contributed by atoms with van der Waals surface area (Å²) in [4.78, 5) is 4.65. The molecule has 5 nitrogen and oxygen atoms in total. The molecule has 5 heteroatoms. The van der Waals surface area contributed by atoms with Crippen molar-refractivity contribution in [3.63, 3.8) is 0 Å². The van der Waals surface area contributed by atoms with Gasteiger partial charge in [0.05, 0.1) is 18.9 Å². The topological polar surface area (TPSA) is 41.5 Å². The summed E-state index contributed by atoms with van der Waals surface area (Å²) >= 11 is 0. The van der Waals surface area contributed by atoms with Crippen LogP contribution in [0, 0.1) is 0 Å². The molecule has 0 aliphatic carbocycles. The molecule has 2 aliphatic rings. The molecule has 33 heavy (non-hydrogen) atoms. The molecule has 0 saturated carbocycles. The van der Waals surface area contributed by atoms with Crippen molar-refractivity contribution in [1.29, 1.82) is 0 Å². The maximum Gasteiger partial charge on any atom is 0.151 e. The first-order valence-corrected chi connectivity index (χ1v) is 11.7. The van der Waals surface area contributed by atoms with Crippen molar-refractivity contribution in [3.05, 3.63) is 89.5 Å². The lowest BCUT2D eigenvalue weighted by Gasteiger charge is -2.33. The number of hydrogen-bond donors (Lipinski definition) is 0. The first-order chi connectivity index (χ1) is 16.2. The van der Waals surface area contributed by atoms with Crippen LogP contribution in [0.5, 0.6) is 0 Å². The first kappa shape index (κ1) is 20.3. The molecule has 0 spiro atoms. The summed E-state index contributed by atoms with van der Waals surface area (Å²) in [7, 11) is 2.21. The highest BCUT2D eigenvalue weighted by molar-refractivity contribution is 5.83. The summed E-state index contributed by atoms with van der Waals surface area (Å²) in [6.45, 7) is 5.22. The molecule has 0 N–H and O–H groups in total. The predicted molar refractivity (Wildman–Crippen MR) is 133 cm³/mol. The van der Waals surface area contributed by atoms with Gasteiger partial charge in [-0.3, -0.25) is 0 Å². The van der Waals surface area contributed by atoms with Crippen molar-refractivity contribution in [2.75, 3.05) is 44.8 Å². The minimum Gasteiger partial charge on any atom is -0.378 e. The second kappa shape index (κ2) is 8.58. The van der Waals surface area contributed by atoms with E-state index in [1.165, 1.54) is 27.5 Å². The fraction of sp³-hybridized carbons (Fsp3) is 0.286. The van der Waals surface area contributed by atoms with E-state index >= 15 is 0 Å². The van der Waals surface area contributed by atoms with Crippen LogP contribution in [0.25, 0.3) is 22.0 Å². The van der Waals surface area contributed by atoms with E-state index in [9.17, 15) is 0 Å². The minimum atomic E-state index is 0.368.